The third-order valence-electron chi connectivity index (χ3n) is 2.91. The highest BCUT2D eigenvalue weighted by molar-refractivity contribution is 8.24. The van der Waals surface area contributed by atoms with Crippen LogP contribution in [0.4, 0.5) is 0 Å². The number of sulfone groups is 1. The van der Waals surface area contributed by atoms with Crippen LogP contribution in [-0.4, -0.2) is 47.0 Å². The summed E-state index contributed by atoms with van der Waals surface area (Å²) >= 11 is 6.85. The number of hydrogen-bond donors (Lipinski definition) is 0. The Morgan fingerprint density at radius 3 is 2.93 bits per heavy atom. The molecule has 3 nitrogen and oxygen atoms in total. The number of nitrogens with zero attached hydrogens (tertiary/aromatic N) is 1. The van der Waals surface area contributed by atoms with Gasteiger partial charge in [-0.2, -0.15) is 0 Å². The third kappa shape index (κ3) is 2.31. The van der Waals surface area contributed by atoms with E-state index in [9.17, 15) is 8.42 Å². The zero-order chi connectivity index (χ0) is 11.1. The summed E-state index contributed by atoms with van der Waals surface area (Å²) in [6.45, 7) is 3.05. The summed E-state index contributed by atoms with van der Waals surface area (Å²) in [6.07, 6.45) is 2.21. The molecule has 0 aromatic heterocycles. The van der Waals surface area contributed by atoms with Gasteiger partial charge in [0.2, 0.25) is 0 Å². The number of thiocarbonyl (C=S) groups is 1. The fourth-order valence-corrected chi connectivity index (χ4v) is 6.54. The highest BCUT2D eigenvalue weighted by Gasteiger charge is 2.47. The van der Waals surface area contributed by atoms with Gasteiger partial charge in [-0.15, -0.1) is 0 Å². The topological polar surface area (TPSA) is 37.4 Å². The summed E-state index contributed by atoms with van der Waals surface area (Å²) in [5.41, 5.74) is 0. The van der Waals surface area contributed by atoms with E-state index in [0.29, 0.717) is 11.5 Å². The van der Waals surface area contributed by atoms with E-state index in [4.69, 9.17) is 12.2 Å². The molecule has 2 fully saturated rings. The van der Waals surface area contributed by atoms with Crippen LogP contribution in [0, 0.1) is 0 Å². The summed E-state index contributed by atoms with van der Waals surface area (Å²) in [5.74, 6) is 0.611. The first-order valence-corrected chi connectivity index (χ1v) is 8.32. The lowest BCUT2D eigenvalue weighted by molar-refractivity contribution is 0.355. The second-order valence-electron chi connectivity index (χ2n) is 4.11. The fraction of sp³-hybridized carbons (Fsp3) is 0.889. The molecule has 0 aliphatic carbocycles. The van der Waals surface area contributed by atoms with Crippen LogP contribution in [0.25, 0.3) is 0 Å². The van der Waals surface area contributed by atoms with Crippen molar-refractivity contribution in [1.82, 2.24) is 4.90 Å². The summed E-state index contributed by atoms with van der Waals surface area (Å²) in [6, 6.07) is 0.152. The second kappa shape index (κ2) is 4.22. The molecular formula is C9H15NO2S3. The van der Waals surface area contributed by atoms with Gasteiger partial charge in [0.1, 0.15) is 4.32 Å². The number of thioether (sulfide) groups is 1. The second-order valence-corrected chi connectivity index (χ2v) is 8.14. The maximum atomic E-state index is 11.5. The van der Waals surface area contributed by atoms with Crippen molar-refractivity contribution in [1.29, 1.82) is 0 Å². The number of rotatable bonds is 3. The van der Waals surface area contributed by atoms with Gasteiger partial charge in [-0.25, -0.2) is 8.42 Å². The third-order valence-corrected chi connectivity index (χ3v) is 6.58. The predicted molar refractivity (Wildman–Crippen MR) is 68.0 cm³/mol. The standard InChI is InChI=1S/C9H15NO2S3/c1-2-3-4-10-7-5-15(11,12)6-8(7)14-9(10)13/h7-8H,2-6H2,1H3/t7-,8-/m1/s1. The first kappa shape index (κ1) is 11.7. The Morgan fingerprint density at radius 1 is 1.53 bits per heavy atom. The Kier molecular flexibility index (Phi) is 3.28. The normalized spacial score (nSPS) is 33.4. The van der Waals surface area contributed by atoms with Gasteiger partial charge < -0.3 is 4.90 Å². The summed E-state index contributed by atoms with van der Waals surface area (Å²) in [5, 5.41) is 0.194. The van der Waals surface area contributed by atoms with E-state index >= 15 is 0 Å². The quantitative estimate of drug-likeness (QED) is 0.719. The molecule has 0 unspecified atom stereocenters. The van der Waals surface area contributed by atoms with E-state index in [0.717, 1.165) is 23.7 Å². The molecule has 0 radical (unpaired) electrons. The molecule has 0 amide bonds. The average molecular weight is 265 g/mol. The monoisotopic (exact) mass is 265 g/mol. The molecule has 0 aromatic rings. The Morgan fingerprint density at radius 2 is 2.27 bits per heavy atom. The van der Waals surface area contributed by atoms with Crippen LogP contribution in [0.2, 0.25) is 0 Å². The van der Waals surface area contributed by atoms with Crippen LogP contribution in [0.5, 0.6) is 0 Å². The minimum absolute atomic E-state index is 0.152. The van der Waals surface area contributed by atoms with Crippen molar-refractivity contribution in [2.75, 3.05) is 18.1 Å². The minimum Gasteiger partial charge on any atom is -0.352 e. The van der Waals surface area contributed by atoms with Gasteiger partial charge in [-0.1, -0.05) is 37.3 Å². The summed E-state index contributed by atoms with van der Waals surface area (Å²) in [4.78, 5) is 2.12. The molecule has 0 spiro atoms. The lowest BCUT2D eigenvalue weighted by atomic mass is 10.2. The molecule has 0 aromatic carbocycles. The zero-order valence-corrected chi connectivity index (χ0v) is 11.1. The highest BCUT2D eigenvalue weighted by atomic mass is 32.2. The summed E-state index contributed by atoms with van der Waals surface area (Å²) < 4.78 is 23.9. The van der Waals surface area contributed by atoms with Crippen molar-refractivity contribution in [2.24, 2.45) is 0 Å². The van der Waals surface area contributed by atoms with Crippen LogP contribution in [0.15, 0.2) is 0 Å². The molecule has 0 saturated carbocycles. The first-order chi connectivity index (χ1) is 7.03. The van der Waals surface area contributed by atoms with E-state index in [1.54, 1.807) is 11.8 Å². The average Bonchev–Trinajstić information content (AvgIpc) is 2.54. The van der Waals surface area contributed by atoms with Crippen molar-refractivity contribution in [3.63, 3.8) is 0 Å². The first-order valence-electron chi connectivity index (χ1n) is 5.21. The molecule has 2 rings (SSSR count). The van der Waals surface area contributed by atoms with Crippen LogP contribution < -0.4 is 0 Å². The Bertz CT molecular complexity index is 366. The van der Waals surface area contributed by atoms with Crippen molar-refractivity contribution in [2.45, 2.75) is 31.1 Å². The molecular weight excluding hydrogens is 250 g/mol. The Labute approximate surface area is 101 Å². The van der Waals surface area contributed by atoms with Crippen LogP contribution in [-0.2, 0) is 9.84 Å². The molecule has 2 atom stereocenters. The van der Waals surface area contributed by atoms with Gasteiger partial charge in [-0.05, 0) is 6.42 Å². The van der Waals surface area contributed by atoms with E-state index in [1.807, 2.05) is 0 Å². The summed E-state index contributed by atoms with van der Waals surface area (Å²) in [7, 11) is -2.81. The molecule has 2 aliphatic heterocycles. The van der Waals surface area contributed by atoms with Crippen LogP contribution in [0.3, 0.4) is 0 Å². The van der Waals surface area contributed by atoms with Crippen molar-refractivity contribution < 1.29 is 8.42 Å². The predicted octanol–water partition coefficient (Wildman–Crippen LogP) is 1.29. The van der Waals surface area contributed by atoms with Gasteiger partial charge in [0.05, 0.1) is 17.5 Å². The number of unbranched alkanes of at least 4 members (excludes halogenated alkanes) is 1. The van der Waals surface area contributed by atoms with Gasteiger partial charge in [0.25, 0.3) is 0 Å². The van der Waals surface area contributed by atoms with Crippen molar-refractivity contribution >= 4 is 38.1 Å². The molecule has 0 bridgehead atoms. The highest BCUT2D eigenvalue weighted by Crippen LogP contribution is 2.38. The number of fused-ring (bicyclic) bond motifs is 1. The maximum absolute atomic E-state index is 11.5. The van der Waals surface area contributed by atoms with Gasteiger partial charge in [0, 0.05) is 11.8 Å². The Hall–Kier alpha value is 0.190. The molecule has 2 heterocycles. The molecule has 2 aliphatic rings. The van der Waals surface area contributed by atoms with Gasteiger partial charge in [0.15, 0.2) is 9.84 Å². The Balaban J connectivity index is 2.09. The van der Waals surface area contributed by atoms with E-state index < -0.39 is 9.84 Å². The molecule has 2 saturated heterocycles. The minimum atomic E-state index is -2.81. The largest absolute Gasteiger partial charge is 0.352 e. The maximum Gasteiger partial charge on any atom is 0.153 e. The van der Waals surface area contributed by atoms with E-state index in [-0.39, 0.29) is 11.3 Å². The smallest absolute Gasteiger partial charge is 0.153 e. The number of hydrogen-bond acceptors (Lipinski definition) is 4. The SMILES string of the molecule is CCCCN1C(=S)S[C@@H]2CS(=O)(=O)C[C@H]21. The van der Waals surface area contributed by atoms with Crippen LogP contribution in [0.1, 0.15) is 19.8 Å². The molecule has 6 heteroatoms. The zero-order valence-electron chi connectivity index (χ0n) is 8.68. The molecule has 86 valence electrons. The van der Waals surface area contributed by atoms with Crippen molar-refractivity contribution in [3.05, 3.63) is 0 Å². The lowest BCUT2D eigenvalue weighted by Gasteiger charge is -2.23. The van der Waals surface area contributed by atoms with E-state index in [2.05, 4.69) is 11.8 Å². The van der Waals surface area contributed by atoms with E-state index in [1.165, 1.54) is 0 Å². The lowest BCUT2D eigenvalue weighted by Crippen LogP contribution is -2.37. The fourth-order valence-electron chi connectivity index (χ4n) is 2.12. The van der Waals surface area contributed by atoms with Crippen molar-refractivity contribution in [3.8, 4) is 0 Å². The van der Waals surface area contributed by atoms with Gasteiger partial charge in [-0.3, -0.25) is 0 Å². The van der Waals surface area contributed by atoms with Gasteiger partial charge >= 0.3 is 0 Å². The van der Waals surface area contributed by atoms with Crippen LogP contribution >= 0.6 is 24.0 Å². The molecule has 0 N–H and O–H groups in total. The molecule has 15 heavy (non-hydrogen) atoms.